The molecule has 2 nitrogen and oxygen atoms in total. The maximum absolute atomic E-state index is 6.11. The van der Waals surface area contributed by atoms with Crippen molar-refractivity contribution in [2.75, 3.05) is 24.7 Å². The molecule has 0 aliphatic carbocycles. The largest absolute Gasteiger partial charge is 0.493 e. The number of ether oxygens (including phenoxy) is 1. The highest BCUT2D eigenvalue weighted by Gasteiger charge is 2.35. The van der Waals surface area contributed by atoms with Crippen LogP contribution in [-0.2, 0) is 5.41 Å². The molecule has 3 heteroatoms. The number of nitrogens with two attached hydrogens (primary N) is 1. The maximum Gasteiger partial charge on any atom is 0.123 e. The predicted molar refractivity (Wildman–Crippen MR) is 79.5 cm³/mol. The summed E-state index contributed by atoms with van der Waals surface area (Å²) in [5.41, 5.74) is 7.57. The average Bonchev–Trinajstić information content (AvgIpc) is 2.44. The zero-order chi connectivity index (χ0) is 12.8. The summed E-state index contributed by atoms with van der Waals surface area (Å²) in [6.07, 6.45) is 3.47. The Morgan fingerprint density at radius 3 is 3.00 bits per heavy atom. The van der Waals surface area contributed by atoms with Gasteiger partial charge in [-0.25, -0.2) is 0 Å². The molecule has 0 radical (unpaired) electrons. The molecule has 1 aromatic carbocycles. The zero-order valence-electron chi connectivity index (χ0n) is 11.2. The molecule has 1 unspecified atom stereocenters. The van der Waals surface area contributed by atoms with Crippen LogP contribution in [0.15, 0.2) is 24.3 Å². The van der Waals surface area contributed by atoms with Crippen molar-refractivity contribution in [3.63, 3.8) is 0 Å². The van der Waals surface area contributed by atoms with E-state index in [1.54, 1.807) is 0 Å². The first-order valence-electron chi connectivity index (χ1n) is 6.82. The standard InChI is InChI=1S/C15H23NOS/c1-2-18-11-5-8-15(12-16)9-10-17-14-7-4-3-6-13(14)15/h3-4,6-7H,2,5,8-12,16H2,1H3. The van der Waals surface area contributed by atoms with Crippen molar-refractivity contribution in [1.82, 2.24) is 0 Å². The van der Waals surface area contributed by atoms with Crippen molar-refractivity contribution >= 4 is 11.8 Å². The molecule has 18 heavy (non-hydrogen) atoms. The predicted octanol–water partition coefficient (Wildman–Crippen LogP) is 3.20. The monoisotopic (exact) mass is 265 g/mol. The van der Waals surface area contributed by atoms with E-state index in [0.29, 0.717) is 0 Å². The third kappa shape index (κ3) is 2.83. The summed E-state index contributed by atoms with van der Waals surface area (Å²) in [5.74, 6) is 3.48. The Morgan fingerprint density at radius 2 is 2.22 bits per heavy atom. The molecule has 0 amide bonds. The average molecular weight is 265 g/mol. The van der Waals surface area contributed by atoms with Gasteiger partial charge in [-0.3, -0.25) is 0 Å². The molecular weight excluding hydrogens is 242 g/mol. The van der Waals surface area contributed by atoms with Crippen LogP contribution in [0.4, 0.5) is 0 Å². The maximum atomic E-state index is 6.11. The lowest BCUT2D eigenvalue weighted by atomic mass is 9.73. The highest BCUT2D eigenvalue weighted by Crippen LogP contribution is 2.41. The quantitative estimate of drug-likeness (QED) is 0.802. The van der Waals surface area contributed by atoms with Crippen LogP contribution in [-0.4, -0.2) is 24.7 Å². The molecule has 0 saturated carbocycles. The van der Waals surface area contributed by atoms with Gasteiger partial charge in [0.2, 0.25) is 0 Å². The SMILES string of the molecule is CCSCCCC1(CN)CCOc2ccccc21. The molecule has 0 saturated heterocycles. The van der Waals surface area contributed by atoms with Gasteiger partial charge in [-0.05, 0) is 36.8 Å². The van der Waals surface area contributed by atoms with Gasteiger partial charge in [0.25, 0.3) is 0 Å². The molecule has 0 aromatic heterocycles. The Labute approximate surface area is 114 Å². The number of fused-ring (bicyclic) bond motifs is 1. The second-order valence-corrected chi connectivity index (χ2v) is 6.27. The van der Waals surface area contributed by atoms with Crippen LogP contribution in [0.5, 0.6) is 5.75 Å². The first kappa shape index (κ1) is 13.8. The summed E-state index contributed by atoms with van der Waals surface area (Å²) in [5, 5.41) is 0. The second-order valence-electron chi connectivity index (χ2n) is 4.88. The van der Waals surface area contributed by atoms with Gasteiger partial charge in [0.05, 0.1) is 6.61 Å². The summed E-state index contributed by atoms with van der Waals surface area (Å²) in [7, 11) is 0. The normalized spacial score (nSPS) is 22.3. The summed E-state index contributed by atoms with van der Waals surface area (Å²) >= 11 is 2.02. The number of hydrogen-bond acceptors (Lipinski definition) is 3. The molecule has 1 atom stereocenters. The second kappa shape index (κ2) is 6.48. The molecule has 1 aromatic rings. The lowest BCUT2D eigenvalue weighted by molar-refractivity contribution is 0.208. The summed E-state index contributed by atoms with van der Waals surface area (Å²) in [6.45, 7) is 3.74. The summed E-state index contributed by atoms with van der Waals surface area (Å²) < 4.78 is 5.75. The minimum Gasteiger partial charge on any atom is -0.493 e. The Morgan fingerprint density at radius 1 is 1.39 bits per heavy atom. The van der Waals surface area contributed by atoms with E-state index in [1.165, 1.54) is 29.9 Å². The highest BCUT2D eigenvalue weighted by atomic mass is 32.2. The van der Waals surface area contributed by atoms with Gasteiger partial charge < -0.3 is 10.5 Å². The van der Waals surface area contributed by atoms with E-state index >= 15 is 0 Å². The van der Waals surface area contributed by atoms with E-state index in [-0.39, 0.29) is 5.41 Å². The van der Waals surface area contributed by atoms with Crippen molar-refractivity contribution in [2.24, 2.45) is 5.73 Å². The van der Waals surface area contributed by atoms with Crippen LogP contribution >= 0.6 is 11.8 Å². The van der Waals surface area contributed by atoms with E-state index in [1.807, 2.05) is 17.8 Å². The fraction of sp³-hybridized carbons (Fsp3) is 0.600. The molecule has 1 heterocycles. The topological polar surface area (TPSA) is 35.2 Å². The van der Waals surface area contributed by atoms with Gasteiger partial charge in [0, 0.05) is 17.5 Å². The number of para-hydroxylation sites is 1. The number of benzene rings is 1. The summed E-state index contributed by atoms with van der Waals surface area (Å²) in [4.78, 5) is 0. The van der Waals surface area contributed by atoms with Crippen LogP contribution in [0, 0.1) is 0 Å². The van der Waals surface area contributed by atoms with E-state index in [2.05, 4.69) is 25.1 Å². The third-order valence-corrected chi connectivity index (χ3v) is 4.82. The van der Waals surface area contributed by atoms with Crippen molar-refractivity contribution in [1.29, 1.82) is 0 Å². The van der Waals surface area contributed by atoms with Crippen LogP contribution in [0.2, 0.25) is 0 Å². The highest BCUT2D eigenvalue weighted by molar-refractivity contribution is 7.99. The van der Waals surface area contributed by atoms with Crippen LogP contribution in [0.1, 0.15) is 31.7 Å². The molecule has 1 aliphatic heterocycles. The first-order chi connectivity index (χ1) is 8.82. The minimum atomic E-state index is 0.142. The van der Waals surface area contributed by atoms with Gasteiger partial charge in [-0.1, -0.05) is 25.1 Å². The van der Waals surface area contributed by atoms with E-state index in [4.69, 9.17) is 10.5 Å². The molecule has 0 spiro atoms. The van der Waals surface area contributed by atoms with Crippen LogP contribution in [0.25, 0.3) is 0 Å². The fourth-order valence-corrected chi connectivity index (χ4v) is 3.39. The molecule has 0 bridgehead atoms. The van der Waals surface area contributed by atoms with E-state index < -0.39 is 0 Å². The molecule has 1 aliphatic rings. The lowest BCUT2D eigenvalue weighted by Crippen LogP contribution is -2.40. The van der Waals surface area contributed by atoms with Crippen molar-refractivity contribution in [2.45, 2.75) is 31.6 Å². The van der Waals surface area contributed by atoms with E-state index in [0.717, 1.165) is 25.3 Å². The summed E-state index contributed by atoms with van der Waals surface area (Å²) in [6, 6.07) is 8.39. The Kier molecular flexibility index (Phi) is 4.95. The molecule has 100 valence electrons. The molecule has 0 fully saturated rings. The molecule has 2 N–H and O–H groups in total. The molecule has 2 rings (SSSR count). The van der Waals surface area contributed by atoms with Gasteiger partial charge in [-0.15, -0.1) is 0 Å². The van der Waals surface area contributed by atoms with Gasteiger partial charge >= 0.3 is 0 Å². The smallest absolute Gasteiger partial charge is 0.123 e. The Balaban J connectivity index is 2.12. The third-order valence-electron chi connectivity index (χ3n) is 3.84. The van der Waals surface area contributed by atoms with Gasteiger partial charge in [0.1, 0.15) is 5.75 Å². The Hall–Kier alpha value is -0.670. The number of rotatable bonds is 6. The number of hydrogen-bond donors (Lipinski definition) is 1. The van der Waals surface area contributed by atoms with Crippen LogP contribution < -0.4 is 10.5 Å². The molecular formula is C15H23NOS. The Bertz CT molecular complexity index is 383. The first-order valence-corrected chi connectivity index (χ1v) is 7.98. The minimum absolute atomic E-state index is 0.142. The zero-order valence-corrected chi connectivity index (χ0v) is 12.0. The van der Waals surface area contributed by atoms with Crippen molar-refractivity contribution < 1.29 is 4.74 Å². The van der Waals surface area contributed by atoms with Crippen molar-refractivity contribution in [3.05, 3.63) is 29.8 Å². The van der Waals surface area contributed by atoms with Gasteiger partial charge in [-0.2, -0.15) is 11.8 Å². The van der Waals surface area contributed by atoms with Crippen LogP contribution in [0.3, 0.4) is 0 Å². The van der Waals surface area contributed by atoms with E-state index in [9.17, 15) is 0 Å². The van der Waals surface area contributed by atoms with Gasteiger partial charge in [0.15, 0.2) is 0 Å². The lowest BCUT2D eigenvalue weighted by Gasteiger charge is -2.38. The fourth-order valence-electron chi connectivity index (χ4n) is 2.75. The number of thioether (sulfide) groups is 1. The van der Waals surface area contributed by atoms with Crippen molar-refractivity contribution in [3.8, 4) is 5.75 Å².